The van der Waals surface area contributed by atoms with Gasteiger partial charge in [-0.3, -0.25) is 14.9 Å². The van der Waals surface area contributed by atoms with E-state index in [0.717, 1.165) is 38.7 Å². The minimum absolute atomic E-state index is 0.452. The minimum Gasteiger partial charge on any atom is -0.357 e. The predicted molar refractivity (Wildman–Crippen MR) is 108 cm³/mol. The monoisotopic (exact) mass is 381 g/mol. The van der Waals surface area contributed by atoms with Crippen molar-refractivity contribution < 1.29 is 4.52 Å². The molecule has 2 aliphatic heterocycles. The van der Waals surface area contributed by atoms with Crippen molar-refractivity contribution in [1.29, 1.82) is 0 Å². The fourth-order valence-electron chi connectivity index (χ4n) is 3.66. The Morgan fingerprint density at radius 2 is 2.21 bits per heavy atom. The smallest absolute Gasteiger partial charge is 0.276 e. The Balaban J connectivity index is 1.33. The number of pyridine rings is 1. The number of aliphatic imine (C=N–C) groups is 1. The van der Waals surface area contributed by atoms with E-state index in [9.17, 15) is 0 Å². The molecule has 1 atom stereocenters. The summed E-state index contributed by atoms with van der Waals surface area (Å²) in [5, 5.41) is 7.47. The van der Waals surface area contributed by atoms with Gasteiger partial charge in [0.25, 0.3) is 5.89 Å². The molecule has 0 bridgehead atoms. The molecular weight excluding hydrogens is 354 g/mol. The molecule has 1 fully saturated rings. The lowest BCUT2D eigenvalue weighted by atomic mass is 10.2. The number of rotatable bonds is 6. The molecule has 2 aromatic heterocycles. The lowest BCUT2D eigenvalue weighted by Gasteiger charge is -2.25. The Kier molecular flexibility index (Phi) is 5.96. The van der Waals surface area contributed by atoms with Gasteiger partial charge in [-0.2, -0.15) is 4.98 Å². The molecule has 8 nitrogen and oxygen atoms in total. The van der Waals surface area contributed by atoms with E-state index < -0.39 is 0 Å². The number of hydrogen-bond acceptors (Lipinski definition) is 6. The van der Waals surface area contributed by atoms with Gasteiger partial charge in [-0.25, -0.2) is 0 Å². The fourth-order valence-corrected chi connectivity index (χ4v) is 3.66. The molecule has 0 spiro atoms. The summed E-state index contributed by atoms with van der Waals surface area (Å²) in [6.45, 7) is 7.79. The molecule has 1 N–H and O–H groups in total. The molecule has 0 saturated carbocycles. The second kappa shape index (κ2) is 8.97. The highest BCUT2D eigenvalue weighted by Gasteiger charge is 2.29. The van der Waals surface area contributed by atoms with Gasteiger partial charge in [-0.1, -0.05) is 23.4 Å². The van der Waals surface area contributed by atoms with Crippen LogP contribution >= 0.6 is 0 Å². The Hall–Kier alpha value is -2.74. The van der Waals surface area contributed by atoms with E-state index in [2.05, 4.69) is 49.3 Å². The summed E-state index contributed by atoms with van der Waals surface area (Å²) < 4.78 is 5.32. The van der Waals surface area contributed by atoms with Gasteiger partial charge in [-0.05, 0) is 25.5 Å². The lowest BCUT2D eigenvalue weighted by Crippen LogP contribution is -2.43. The van der Waals surface area contributed by atoms with E-state index in [0.29, 0.717) is 36.4 Å². The summed E-state index contributed by atoms with van der Waals surface area (Å²) in [5.41, 5.74) is 0.692. The molecule has 0 amide bonds. The Morgan fingerprint density at radius 3 is 3.00 bits per heavy atom. The van der Waals surface area contributed by atoms with Gasteiger partial charge in [-0.15, -0.1) is 0 Å². The number of nitrogens with one attached hydrogen (secondary N) is 1. The summed E-state index contributed by atoms with van der Waals surface area (Å²) in [6, 6.07) is 6.23. The highest BCUT2D eigenvalue weighted by molar-refractivity contribution is 5.80. The van der Waals surface area contributed by atoms with Gasteiger partial charge in [0, 0.05) is 57.9 Å². The molecule has 0 radical (unpaired) electrons. The van der Waals surface area contributed by atoms with E-state index >= 15 is 0 Å². The largest absolute Gasteiger partial charge is 0.357 e. The molecule has 0 aliphatic carbocycles. The summed E-state index contributed by atoms with van der Waals surface area (Å²) in [6.07, 6.45) is 8.05. The molecule has 4 heterocycles. The molecule has 2 aliphatic rings. The highest BCUT2D eigenvalue weighted by Crippen LogP contribution is 2.18. The second-order valence-electron chi connectivity index (χ2n) is 7.03. The maximum absolute atomic E-state index is 5.32. The number of aromatic nitrogens is 3. The van der Waals surface area contributed by atoms with Gasteiger partial charge in [0.1, 0.15) is 5.69 Å². The molecule has 148 valence electrons. The van der Waals surface area contributed by atoms with Crippen molar-refractivity contribution >= 4 is 5.96 Å². The van der Waals surface area contributed by atoms with Crippen LogP contribution in [0.1, 0.15) is 19.2 Å². The number of hydrogen-bond donors (Lipinski definition) is 1. The van der Waals surface area contributed by atoms with Crippen LogP contribution in [0.4, 0.5) is 0 Å². The van der Waals surface area contributed by atoms with Crippen molar-refractivity contribution in [2.75, 3.05) is 39.3 Å². The van der Waals surface area contributed by atoms with Crippen molar-refractivity contribution in [2.45, 2.75) is 25.8 Å². The van der Waals surface area contributed by atoms with Crippen LogP contribution < -0.4 is 5.32 Å². The maximum atomic E-state index is 5.32. The first-order valence-electron chi connectivity index (χ1n) is 10.00. The average molecular weight is 381 g/mol. The third-order valence-electron chi connectivity index (χ3n) is 5.11. The number of guanidine groups is 1. The predicted octanol–water partition coefficient (Wildman–Crippen LogP) is 1.59. The lowest BCUT2D eigenvalue weighted by molar-refractivity contribution is 0.259. The van der Waals surface area contributed by atoms with Crippen molar-refractivity contribution in [3.05, 3.63) is 42.4 Å². The van der Waals surface area contributed by atoms with Crippen LogP contribution in [-0.2, 0) is 6.42 Å². The molecule has 8 heteroatoms. The van der Waals surface area contributed by atoms with E-state index in [1.807, 2.05) is 18.2 Å². The molecule has 1 unspecified atom stereocenters. The Labute approximate surface area is 165 Å². The number of likely N-dealkylation sites (tertiary alicyclic amines) is 1. The Bertz CT molecular complexity index is 809. The standard InChI is InChI=1S/C20H27N7O/c1-2-21-20(27-14-9-16(15-27)26-12-5-6-13-26)23-11-8-18-24-19(28-25-18)17-7-3-4-10-22-17/h3-7,10,16H,2,8-9,11-15H2,1H3,(H,21,23). The average Bonchev–Trinajstić information content (AvgIpc) is 3.49. The van der Waals surface area contributed by atoms with Gasteiger partial charge in [0.2, 0.25) is 0 Å². The van der Waals surface area contributed by atoms with Crippen LogP contribution in [0.5, 0.6) is 0 Å². The van der Waals surface area contributed by atoms with E-state index in [1.165, 1.54) is 6.42 Å². The number of nitrogens with zero attached hydrogens (tertiary/aromatic N) is 6. The van der Waals surface area contributed by atoms with Crippen molar-refractivity contribution in [3.8, 4) is 11.6 Å². The van der Waals surface area contributed by atoms with Crippen LogP contribution in [0.2, 0.25) is 0 Å². The van der Waals surface area contributed by atoms with Crippen LogP contribution in [0.3, 0.4) is 0 Å². The van der Waals surface area contributed by atoms with Crippen molar-refractivity contribution in [3.63, 3.8) is 0 Å². The molecule has 1 saturated heterocycles. The van der Waals surface area contributed by atoms with Crippen LogP contribution in [0, 0.1) is 0 Å². The summed E-state index contributed by atoms with van der Waals surface area (Å²) in [5.74, 6) is 2.08. The third kappa shape index (κ3) is 4.39. The second-order valence-corrected chi connectivity index (χ2v) is 7.03. The highest BCUT2D eigenvalue weighted by atomic mass is 16.5. The summed E-state index contributed by atoms with van der Waals surface area (Å²) in [7, 11) is 0. The molecular formula is C20H27N7O. The summed E-state index contributed by atoms with van der Waals surface area (Å²) >= 11 is 0. The molecule has 4 rings (SSSR count). The zero-order valence-electron chi connectivity index (χ0n) is 16.3. The van der Waals surface area contributed by atoms with Crippen LogP contribution in [0.25, 0.3) is 11.6 Å². The first-order valence-corrected chi connectivity index (χ1v) is 10.00. The fraction of sp³-hybridized carbons (Fsp3) is 0.500. The SMILES string of the molecule is CCNC(=NCCc1noc(-c2ccccn2)n1)N1CCC(N2CC=CC2)C1. The van der Waals surface area contributed by atoms with E-state index in [1.54, 1.807) is 6.20 Å². The molecule has 0 aromatic carbocycles. The quantitative estimate of drug-likeness (QED) is 0.462. The van der Waals surface area contributed by atoms with Gasteiger partial charge < -0.3 is 14.7 Å². The topological polar surface area (TPSA) is 82.7 Å². The van der Waals surface area contributed by atoms with Crippen LogP contribution in [-0.4, -0.2) is 76.2 Å². The summed E-state index contributed by atoms with van der Waals surface area (Å²) in [4.78, 5) is 18.4. The molecule has 2 aromatic rings. The Morgan fingerprint density at radius 1 is 1.32 bits per heavy atom. The zero-order valence-corrected chi connectivity index (χ0v) is 16.3. The third-order valence-corrected chi connectivity index (χ3v) is 5.11. The first kappa shape index (κ1) is 18.6. The normalized spacial score (nSPS) is 20.2. The molecule has 28 heavy (non-hydrogen) atoms. The first-order chi connectivity index (χ1) is 13.8. The van der Waals surface area contributed by atoms with Crippen molar-refractivity contribution in [2.24, 2.45) is 4.99 Å². The maximum Gasteiger partial charge on any atom is 0.276 e. The van der Waals surface area contributed by atoms with Gasteiger partial charge in [0.15, 0.2) is 11.8 Å². The van der Waals surface area contributed by atoms with E-state index in [4.69, 9.17) is 9.52 Å². The van der Waals surface area contributed by atoms with Crippen LogP contribution in [0.15, 0.2) is 46.1 Å². The minimum atomic E-state index is 0.452. The zero-order chi connectivity index (χ0) is 19.2. The van der Waals surface area contributed by atoms with Gasteiger partial charge in [0.05, 0.1) is 0 Å². The van der Waals surface area contributed by atoms with Gasteiger partial charge >= 0.3 is 0 Å². The van der Waals surface area contributed by atoms with E-state index in [-0.39, 0.29) is 0 Å². The van der Waals surface area contributed by atoms with Crippen molar-refractivity contribution in [1.82, 2.24) is 30.2 Å².